The Balaban J connectivity index is 1.86. The summed E-state index contributed by atoms with van der Waals surface area (Å²) < 4.78 is 4.92. The molecule has 0 unspecified atom stereocenters. The van der Waals surface area contributed by atoms with Crippen LogP contribution in [0.4, 0.5) is 5.69 Å². The first-order chi connectivity index (χ1) is 9.11. The number of hydrogen-bond acceptors (Lipinski definition) is 3. The number of aromatic amines is 1. The van der Waals surface area contributed by atoms with Crippen molar-refractivity contribution >= 4 is 22.5 Å². The van der Waals surface area contributed by atoms with Crippen molar-refractivity contribution in [3.05, 3.63) is 47.5 Å². The summed E-state index contributed by atoms with van der Waals surface area (Å²) in [4.78, 5) is 15.1. The third kappa shape index (κ3) is 2.22. The maximum Gasteiger partial charge on any atom is 0.294 e. The van der Waals surface area contributed by atoms with E-state index in [-0.39, 0.29) is 11.7 Å². The van der Waals surface area contributed by atoms with Crippen molar-refractivity contribution in [3.63, 3.8) is 0 Å². The maximum absolute atomic E-state index is 11.9. The van der Waals surface area contributed by atoms with Crippen molar-refractivity contribution in [2.24, 2.45) is 0 Å². The van der Waals surface area contributed by atoms with E-state index in [1.165, 1.54) is 0 Å². The maximum atomic E-state index is 11.9. The smallest absolute Gasteiger partial charge is 0.294 e. The van der Waals surface area contributed by atoms with Gasteiger partial charge >= 0.3 is 0 Å². The number of carbonyl (C=O) groups excluding carboxylic acids is 1. The average Bonchev–Trinajstić information content (AvgIpc) is 2.93. The molecule has 0 atom stereocenters. The molecule has 5 heteroatoms. The number of aromatic nitrogens is 2. The number of benzene rings is 1. The van der Waals surface area contributed by atoms with Gasteiger partial charge in [0.2, 0.25) is 5.76 Å². The summed E-state index contributed by atoms with van der Waals surface area (Å²) in [6.07, 6.45) is 0. The Bertz CT molecular complexity index is 755. The highest BCUT2D eigenvalue weighted by Crippen LogP contribution is 2.20. The predicted octanol–water partition coefficient (Wildman–Crippen LogP) is 3.03. The lowest BCUT2D eigenvalue weighted by molar-refractivity contribution is 0.0988. The minimum absolute atomic E-state index is 0.211. The summed E-state index contributed by atoms with van der Waals surface area (Å²) in [5.74, 6) is -0.0879. The lowest BCUT2D eigenvalue weighted by Crippen LogP contribution is -2.10. The molecular weight excluding hydrogens is 242 g/mol. The molecule has 96 valence electrons. The first kappa shape index (κ1) is 11.5. The fourth-order valence-electron chi connectivity index (χ4n) is 2.02. The van der Waals surface area contributed by atoms with Crippen LogP contribution in [-0.2, 0) is 0 Å². The number of nitrogens with one attached hydrogen (secondary N) is 2. The van der Waals surface area contributed by atoms with Crippen LogP contribution in [0, 0.1) is 13.8 Å². The van der Waals surface area contributed by atoms with Crippen LogP contribution in [0.15, 0.2) is 34.9 Å². The van der Waals surface area contributed by atoms with E-state index in [1.807, 2.05) is 31.2 Å². The van der Waals surface area contributed by atoms with Gasteiger partial charge in [0.15, 0.2) is 0 Å². The van der Waals surface area contributed by atoms with E-state index in [9.17, 15) is 4.79 Å². The second-order valence-corrected chi connectivity index (χ2v) is 4.54. The highest BCUT2D eigenvalue weighted by molar-refractivity contribution is 6.03. The summed E-state index contributed by atoms with van der Waals surface area (Å²) >= 11 is 0. The van der Waals surface area contributed by atoms with E-state index in [0.29, 0.717) is 5.69 Å². The number of carbonyl (C=O) groups is 1. The molecule has 19 heavy (non-hydrogen) atoms. The van der Waals surface area contributed by atoms with E-state index in [1.54, 1.807) is 13.0 Å². The molecule has 0 aliphatic heterocycles. The van der Waals surface area contributed by atoms with Crippen LogP contribution in [0.5, 0.6) is 0 Å². The van der Waals surface area contributed by atoms with Crippen LogP contribution < -0.4 is 5.32 Å². The molecule has 3 aromatic rings. The molecule has 0 saturated heterocycles. The van der Waals surface area contributed by atoms with E-state index in [2.05, 4.69) is 15.5 Å². The number of nitrogens with zero attached hydrogens (tertiary/aromatic N) is 1. The van der Waals surface area contributed by atoms with Crippen LogP contribution in [0.2, 0.25) is 0 Å². The fraction of sp³-hybridized carbons (Fsp3) is 0.143. The number of hydrogen-bond donors (Lipinski definition) is 2. The number of anilines is 1. The average molecular weight is 255 g/mol. The van der Waals surface area contributed by atoms with Crippen LogP contribution in [0.25, 0.3) is 10.9 Å². The molecule has 1 aromatic carbocycles. The molecule has 0 radical (unpaired) electrons. The molecule has 2 N–H and O–H groups in total. The highest BCUT2D eigenvalue weighted by Gasteiger charge is 2.12. The summed E-state index contributed by atoms with van der Waals surface area (Å²) in [5, 5.41) is 7.54. The summed E-state index contributed by atoms with van der Waals surface area (Å²) in [6.45, 7) is 3.77. The highest BCUT2D eigenvalue weighted by atomic mass is 16.5. The van der Waals surface area contributed by atoms with Crippen molar-refractivity contribution in [2.75, 3.05) is 5.32 Å². The fourth-order valence-corrected chi connectivity index (χ4v) is 2.02. The van der Waals surface area contributed by atoms with Crippen molar-refractivity contribution in [2.45, 2.75) is 13.8 Å². The standard InChI is InChI=1S/C14H13N3O2/c1-8-5-10-7-11(3-4-12(10)15-8)16-14(18)13-6-9(2)17-19-13/h3-7,15H,1-2H3,(H,16,18). The summed E-state index contributed by atoms with van der Waals surface area (Å²) in [5.41, 5.74) is 3.54. The Morgan fingerprint density at radius 3 is 2.84 bits per heavy atom. The van der Waals surface area contributed by atoms with Crippen LogP contribution in [0.3, 0.4) is 0 Å². The van der Waals surface area contributed by atoms with Crippen LogP contribution in [-0.4, -0.2) is 16.0 Å². The SMILES string of the molecule is Cc1cc(C(=O)Nc2ccc3[nH]c(C)cc3c2)on1. The van der Waals surface area contributed by atoms with Crippen molar-refractivity contribution in [1.82, 2.24) is 10.1 Å². The number of aryl methyl sites for hydroxylation is 2. The van der Waals surface area contributed by atoms with Crippen molar-refractivity contribution in [3.8, 4) is 0 Å². The molecule has 0 fully saturated rings. The van der Waals surface area contributed by atoms with E-state index < -0.39 is 0 Å². The third-order valence-electron chi connectivity index (χ3n) is 2.87. The van der Waals surface area contributed by atoms with Gasteiger partial charge in [-0.2, -0.15) is 0 Å². The molecular formula is C14H13N3O2. The molecule has 3 rings (SSSR count). The normalized spacial score (nSPS) is 10.8. The number of fused-ring (bicyclic) bond motifs is 1. The van der Waals surface area contributed by atoms with Crippen molar-refractivity contribution < 1.29 is 9.32 Å². The topological polar surface area (TPSA) is 70.9 Å². The van der Waals surface area contributed by atoms with Gasteiger partial charge in [-0.25, -0.2) is 0 Å². The van der Waals surface area contributed by atoms with Gasteiger partial charge in [0, 0.05) is 28.4 Å². The summed E-state index contributed by atoms with van der Waals surface area (Å²) in [7, 11) is 0. The van der Waals surface area contributed by atoms with Crippen molar-refractivity contribution in [1.29, 1.82) is 0 Å². The molecule has 0 bridgehead atoms. The quantitative estimate of drug-likeness (QED) is 0.739. The Hall–Kier alpha value is -2.56. The van der Waals surface area contributed by atoms with Gasteiger partial charge in [0.25, 0.3) is 5.91 Å². The van der Waals surface area contributed by atoms with Gasteiger partial charge < -0.3 is 14.8 Å². The number of H-pyrrole nitrogens is 1. The van der Waals surface area contributed by atoms with Gasteiger partial charge in [0.05, 0.1) is 5.69 Å². The van der Waals surface area contributed by atoms with Gasteiger partial charge in [0.1, 0.15) is 0 Å². The van der Waals surface area contributed by atoms with Gasteiger partial charge in [-0.05, 0) is 38.1 Å². The van der Waals surface area contributed by atoms with E-state index in [4.69, 9.17) is 4.52 Å². The predicted molar refractivity (Wildman–Crippen MR) is 72.2 cm³/mol. The second kappa shape index (κ2) is 4.28. The van der Waals surface area contributed by atoms with E-state index in [0.717, 1.165) is 22.3 Å². The van der Waals surface area contributed by atoms with Gasteiger partial charge in [-0.15, -0.1) is 0 Å². The zero-order valence-electron chi connectivity index (χ0n) is 10.7. The monoisotopic (exact) mass is 255 g/mol. The Labute approximate surface area is 109 Å². The minimum atomic E-state index is -0.299. The first-order valence-corrected chi connectivity index (χ1v) is 5.96. The third-order valence-corrected chi connectivity index (χ3v) is 2.87. The molecule has 0 spiro atoms. The molecule has 2 aromatic heterocycles. The summed E-state index contributed by atoms with van der Waals surface area (Å²) in [6, 6.07) is 9.33. The Kier molecular flexibility index (Phi) is 2.59. The van der Waals surface area contributed by atoms with Gasteiger partial charge in [-0.1, -0.05) is 5.16 Å². The molecule has 0 aliphatic rings. The lowest BCUT2D eigenvalue weighted by Gasteiger charge is -2.02. The first-order valence-electron chi connectivity index (χ1n) is 5.96. The van der Waals surface area contributed by atoms with Gasteiger partial charge in [-0.3, -0.25) is 4.79 Å². The molecule has 5 nitrogen and oxygen atoms in total. The van der Waals surface area contributed by atoms with Crippen LogP contribution >= 0.6 is 0 Å². The number of rotatable bonds is 2. The van der Waals surface area contributed by atoms with E-state index >= 15 is 0 Å². The lowest BCUT2D eigenvalue weighted by atomic mass is 10.2. The largest absolute Gasteiger partial charge is 0.359 e. The zero-order chi connectivity index (χ0) is 13.4. The Morgan fingerprint density at radius 2 is 2.11 bits per heavy atom. The second-order valence-electron chi connectivity index (χ2n) is 4.54. The minimum Gasteiger partial charge on any atom is -0.359 e. The molecule has 2 heterocycles. The molecule has 0 aliphatic carbocycles. The zero-order valence-corrected chi connectivity index (χ0v) is 10.7. The molecule has 1 amide bonds. The molecule has 0 saturated carbocycles. The Morgan fingerprint density at radius 1 is 1.26 bits per heavy atom. The van der Waals surface area contributed by atoms with Crippen LogP contribution in [0.1, 0.15) is 21.9 Å². The number of amides is 1.